The van der Waals surface area contributed by atoms with Crippen molar-refractivity contribution in [1.82, 2.24) is 24.3 Å². The number of amides is 1. The van der Waals surface area contributed by atoms with Gasteiger partial charge in [-0.05, 0) is 71.1 Å². The number of hydrogen-bond donors (Lipinski definition) is 0. The zero-order chi connectivity index (χ0) is 18.5. The van der Waals surface area contributed by atoms with E-state index < -0.39 is 0 Å². The molecule has 0 N–H and O–H groups in total. The maximum absolute atomic E-state index is 12.8. The first kappa shape index (κ1) is 18.9. The monoisotopic (exact) mass is 373 g/mol. The lowest BCUT2D eigenvalue weighted by Gasteiger charge is -2.42. The molecule has 3 fully saturated rings. The molecule has 1 amide bonds. The lowest BCUT2D eigenvalue weighted by molar-refractivity contribution is -0.136. The van der Waals surface area contributed by atoms with Crippen LogP contribution in [-0.4, -0.2) is 82.0 Å². The van der Waals surface area contributed by atoms with E-state index in [1.807, 2.05) is 18.7 Å². The number of likely N-dealkylation sites (tertiary alicyclic amines) is 3. The second-order valence-corrected chi connectivity index (χ2v) is 8.59. The van der Waals surface area contributed by atoms with Crippen LogP contribution in [0.3, 0.4) is 0 Å². The van der Waals surface area contributed by atoms with E-state index in [9.17, 15) is 4.79 Å². The average molecular weight is 374 g/mol. The molecular formula is C21H35N5O. The van der Waals surface area contributed by atoms with Crippen LogP contribution in [0.25, 0.3) is 0 Å². The van der Waals surface area contributed by atoms with Gasteiger partial charge >= 0.3 is 0 Å². The summed E-state index contributed by atoms with van der Waals surface area (Å²) in [6.07, 6.45) is 14.2. The van der Waals surface area contributed by atoms with Crippen molar-refractivity contribution in [2.75, 3.05) is 45.8 Å². The van der Waals surface area contributed by atoms with Crippen LogP contribution in [0, 0.1) is 5.92 Å². The number of aryl methyl sites for hydroxylation is 1. The fourth-order valence-electron chi connectivity index (χ4n) is 5.14. The van der Waals surface area contributed by atoms with Crippen LogP contribution in [0.4, 0.5) is 0 Å². The molecule has 3 aliphatic heterocycles. The normalized spacial score (nSPS) is 25.9. The maximum atomic E-state index is 12.8. The highest BCUT2D eigenvalue weighted by Gasteiger charge is 2.34. The summed E-state index contributed by atoms with van der Waals surface area (Å²) >= 11 is 0. The molecular weight excluding hydrogens is 338 g/mol. The van der Waals surface area contributed by atoms with Gasteiger partial charge in [0.05, 0.1) is 12.2 Å². The van der Waals surface area contributed by atoms with Crippen LogP contribution in [-0.2, 0) is 11.3 Å². The van der Waals surface area contributed by atoms with Crippen molar-refractivity contribution in [3.05, 3.63) is 18.7 Å². The quantitative estimate of drug-likeness (QED) is 0.766. The summed E-state index contributed by atoms with van der Waals surface area (Å²) in [5.74, 6) is 0.694. The summed E-state index contributed by atoms with van der Waals surface area (Å²) in [6.45, 7) is 8.83. The molecule has 150 valence electrons. The van der Waals surface area contributed by atoms with E-state index in [1.54, 1.807) is 0 Å². The van der Waals surface area contributed by atoms with Crippen LogP contribution >= 0.6 is 0 Å². The SMILES string of the molecule is O=C([C@H]1CCCN(C2CCN(CCCn3ccnc3)CC2)C1)N1CCCC1. The van der Waals surface area contributed by atoms with Gasteiger partial charge in [-0.3, -0.25) is 9.69 Å². The predicted octanol–water partition coefficient (Wildman–Crippen LogP) is 2.07. The highest BCUT2D eigenvalue weighted by atomic mass is 16.2. The number of piperidine rings is 2. The van der Waals surface area contributed by atoms with E-state index in [1.165, 1.54) is 64.7 Å². The van der Waals surface area contributed by atoms with E-state index in [0.29, 0.717) is 11.9 Å². The summed E-state index contributed by atoms with van der Waals surface area (Å²) in [5, 5.41) is 0. The van der Waals surface area contributed by atoms with Gasteiger partial charge in [-0.1, -0.05) is 0 Å². The maximum Gasteiger partial charge on any atom is 0.226 e. The Hall–Kier alpha value is -1.40. The lowest BCUT2D eigenvalue weighted by Crippen LogP contribution is -2.51. The Bertz CT molecular complexity index is 575. The standard InChI is InChI=1S/C21H35N5O/c27-21(25-11-1-2-12-25)19-5-3-13-26(17-19)20-6-14-23(15-7-20)9-4-10-24-16-8-22-18-24/h8,16,18-20H,1-7,9-15,17H2/t19-/m0/s1. The first-order valence-electron chi connectivity index (χ1n) is 11.0. The topological polar surface area (TPSA) is 44.6 Å². The zero-order valence-corrected chi connectivity index (χ0v) is 16.6. The van der Waals surface area contributed by atoms with Crippen LogP contribution in [0.5, 0.6) is 0 Å². The van der Waals surface area contributed by atoms with Crippen LogP contribution in [0.15, 0.2) is 18.7 Å². The van der Waals surface area contributed by atoms with Crippen LogP contribution in [0.2, 0.25) is 0 Å². The molecule has 3 aliphatic rings. The molecule has 6 nitrogen and oxygen atoms in total. The molecule has 0 unspecified atom stereocenters. The van der Waals surface area contributed by atoms with E-state index in [-0.39, 0.29) is 5.92 Å². The van der Waals surface area contributed by atoms with Gasteiger partial charge in [0, 0.05) is 44.6 Å². The lowest BCUT2D eigenvalue weighted by atomic mass is 9.93. The molecule has 4 heterocycles. The Labute approximate surface area is 163 Å². The summed E-state index contributed by atoms with van der Waals surface area (Å²) < 4.78 is 2.16. The molecule has 0 aliphatic carbocycles. The second kappa shape index (κ2) is 9.20. The van der Waals surface area contributed by atoms with Crippen LogP contribution in [0.1, 0.15) is 44.9 Å². The Kier molecular flexibility index (Phi) is 6.45. The number of hydrogen-bond acceptors (Lipinski definition) is 4. The summed E-state index contributed by atoms with van der Waals surface area (Å²) in [6, 6.07) is 0.684. The van der Waals surface area contributed by atoms with Crippen molar-refractivity contribution in [2.24, 2.45) is 5.92 Å². The number of carbonyl (C=O) groups is 1. The summed E-state index contributed by atoms with van der Waals surface area (Å²) in [5.41, 5.74) is 0. The molecule has 0 aromatic carbocycles. The zero-order valence-electron chi connectivity index (χ0n) is 16.6. The molecule has 0 saturated carbocycles. The average Bonchev–Trinajstić information content (AvgIpc) is 3.42. The largest absolute Gasteiger partial charge is 0.342 e. The van der Waals surface area contributed by atoms with Crippen molar-refractivity contribution in [3.63, 3.8) is 0 Å². The minimum absolute atomic E-state index is 0.255. The van der Waals surface area contributed by atoms with Crippen LogP contribution < -0.4 is 0 Å². The third kappa shape index (κ3) is 4.91. The molecule has 6 heteroatoms. The number of imidazole rings is 1. The smallest absolute Gasteiger partial charge is 0.226 e. The van der Waals surface area contributed by atoms with Gasteiger partial charge in [0.1, 0.15) is 0 Å². The van der Waals surface area contributed by atoms with E-state index in [4.69, 9.17) is 0 Å². The van der Waals surface area contributed by atoms with E-state index in [0.717, 1.165) is 32.6 Å². The number of carbonyl (C=O) groups excluding carboxylic acids is 1. The van der Waals surface area contributed by atoms with Gasteiger partial charge < -0.3 is 14.4 Å². The summed E-state index contributed by atoms with van der Waals surface area (Å²) in [7, 11) is 0. The highest BCUT2D eigenvalue weighted by molar-refractivity contribution is 5.79. The van der Waals surface area contributed by atoms with Gasteiger partial charge in [-0.15, -0.1) is 0 Å². The van der Waals surface area contributed by atoms with Crippen molar-refractivity contribution >= 4 is 5.91 Å². The molecule has 4 rings (SSSR count). The highest BCUT2D eigenvalue weighted by Crippen LogP contribution is 2.26. The molecule has 27 heavy (non-hydrogen) atoms. The van der Waals surface area contributed by atoms with E-state index in [2.05, 4.69) is 24.3 Å². The Morgan fingerprint density at radius 2 is 1.78 bits per heavy atom. The molecule has 0 bridgehead atoms. The Balaban J connectivity index is 1.19. The third-order valence-corrected chi connectivity index (χ3v) is 6.74. The number of nitrogens with zero attached hydrogens (tertiary/aromatic N) is 5. The number of rotatable bonds is 6. The fraction of sp³-hybridized carbons (Fsp3) is 0.810. The fourth-order valence-corrected chi connectivity index (χ4v) is 5.14. The van der Waals surface area contributed by atoms with Crippen molar-refractivity contribution < 1.29 is 4.79 Å². The predicted molar refractivity (Wildman–Crippen MR) is 106 cm³/mol. The first-order chi connectivity index (χ1) is 13.3. The molecule has 0 spiro atoms. The van der Waals surface area contributed by atoms with Gasteiger partial charge in [0.2, 0.25) is 5.91 Å². The van der Waals surface area contributed by atoms with Gasteiger partial charge in [-0.2, -0.15) is 0 Å². The molecule has 1 atom stereocenters. The van der Waals surface area contributed by atoms with Gasteiger partial charge in [0.25, 0.3) is 0 Å². The van der Waals surface area contributed by atoms with Crippen molar-refractivity contribution in [3.8, 4) is 0 Å². The second-order valence-electron chi connectivity index (χ2n) is 8.59. The molecule has 3 saturated heterocycles. The minimum Gasteiger partial charge on any atom is -0.342 e. The molecule has 1 aromatic heterocycles. The molecule has 1 aromatic rings. The van der Waals surface area contributed by atoms with E-state index >= 15 is 0 Å². The number of aromatic nitrogens is 2. The van der Waals surface area contributed by atoms with Crippen molar-refractivity contribution in [1.29, 1.82) is 0 Å². The van der Waals surface area contributed by atoms with Gasteiger partial charge in [-0.25, -0.2) is 4.98 Å². The summed E-state index contributed by atoms with van der Waals surface area (Å²) in [4.78, 5) is 24.3. The minimum atomic E-state index is 0.255. The third-order valence-electron chi connectivity index (χ3n) is 6.74. The molecule has 0 radical (unpaired) electrons. The van der Waals surface area contributed by atoms with Crippen molar-refractivity contribution in [2.45, 2.75) is 57.5 Å². The Morgan fingerprint density at radius 3 is 2.52 bits per heavy atom. The Morgan fingerprint density at radius 1 is 0.963 bits per heavy atom. The van der Waals surface area contributed by atoms with Gasteiger partial charge in [0.15, 0.2) is 0 Å². The first-order valence-corrected chi connectivity index (χ1v) is 11.0.